The van der Waals surface area contributed by atoms with E-state index < -0.39 is 8.03 Å². The van der Waals surface area contributed by atoms with E-state index in [1.165, 1.54) is 0 Å². The van der Waals surface area contributed by atoms with E-state index in [9.17, 15) is 4.57 Å². The number of rotatable bonds is 2. The van der Waals surface area contributed by atoms with E-state index >= 15 is 0 Å². The normalized spacial score (nSPS) is 8.22. The quantitative estimate of drug-likeness (QED) is 0.428. The van der Waals surface area contributed by atoms with Crippen molar-refractivity contribution >= 4 is 8.03 Å². The summed E-state index contributed by atoms with van der Waals surface area (Å²) < 4.78 is 14.9. The lowest BCUT2D eigenvalue weighted by atomic mass is 10.8. The minimum atomic E-state index is -1.75. The van der Waals surface area contributed by atoms with Crippen molar-refractivity contribution in [2.24, 2.45) is 0 Å². The Morgan fingerprint density at radius 2 is 2.44 bits per heavy atom. The molecule has 1 unspecified atom stereocenters. The van der Waals surface area contributed by atoms with Crippen molar-refractivity contribution in [1.82, 2.24) is 0 Å². The van der Waals surface area contributed by atoms with Crippen LogP contribution in [0.4, 0.5) is 0 Å². The van der Waals surface area contributed by atoms with Crippen molar-refractivity contribution in [3.8, 4) is 24.4 Å². The summed E-state index contributed by atoms with van der Waals surface area (Å²) in [6.45, 7) is 1.60. The second-order valence-corrected chi connectivity index (χ2v) is 2.30. The number of hydrogen-bond acceptors (Lipinski definition) is 2. The zero-order chi connectivity index (χ0) is 7.11. The van der Waals surface area contributed by atoms with Crippen LogP contribution in [0.25, 0.3) is 0 Å². The van der Waals surface area contributed by atoms with Gasteiger partial charge in [-0.3, -0.25) is 0 Å². The van der Waals surface area contributed by atoms with Crippen LogP contribution in [0, 0.1) is 24.4 Å². The van der Waals surface area contributed by atoms with E-state index in [0.717, 1.165) is 0 Å². The van der Waals surface area contributed by atoms with Gasteiger partial charge >= 0.3 is 8.03 Å². The Labute approximate surface area is 55.5 Å². The molecule has 0 saturated heterocycles. The Kier molecular flexibility index (Phi) is 4.60. The third-order valence-electron chi connectivity index (χ3n) is 0.470. The maximum atomic E-state index is 10.5. The standard InChI is InChI=1S/C6H6O2P/c1-3-5-8-9(7)6-4-2/h2H,6H2,1H3/q+1. The average molecular weight is 141 g/mol. The van der Waals surface area contributed by atoms with Gasteiger partial charge in [0.15, 0.2) is 6.11 Å². The second-order valence-electron chi connectivity index (χ2n) is 1.14. The summed E-state index contributed by atoms with van der Waals surface area (Å²) in [5.74, 6) is 4.63. The van der Waals surface area contributed by atoms with E-state index in [4.69, 9.17) is 6.42 Å². The monoisotopic (exact) mass is 141 g/mol. The molecule has 0 aliphatic heterocycles. The number of hydrogen-bond donors (Lipinski definition) is 0. The van der Waals surface area contributed by atoms with Gasteiger partial charge in [0.2, 0.25) is 6.16 Å². The molecule has 0 radical (unpaired) electrons. The van der Waals surface area contributed by atoms with E-state index in [1.807, 2.05) is 0 Å². The topological polar surface area (TPSA) is 26.3 Å². The van der Waals surface area contributed by atoms with Gasteiger partial charge in [0.25, 0.3) is 0 Å². The third kappa shape index (κ3) is 4.88. The molecule has 0 saturated carbocycles. The highest BCUT2D eigenvalue weighted by Crippen LogP contribution is 2.18. The molecule has 0 aromatic rings. The Morgan fingerprint density at radius 1 is 1.78 bits per heavy atom. The predicted molar refractivity (Wildman–Crippen MR) is 35.8 cm³/mol. The first kappa shape index (κ1) is 8.02. The maximum absolute atomic E-state index is 10.5. The first-order valence-electron chi connectivity index (χ1n) is 2.28. The highest BCUT2D eigenvalue weighted by Gasteiger charge is 2.12. The average Bonchev–Trinajstić information content (AvgIpc) is 1.85. The summed E-state index contributed by atoms with van der Waals surface area (Å²) in [6, 6.07) is 0. The molecule has 0 heterocycles. The maximum Gasteiger partial charge on any atom is 0.578 e. The van der Waals surface area contributed by atoms with Crippen molar-refractivity contribution in [3.63, 3.8) is 0 Å². The fourth-order valence-electron chi connectivity index (χ4n) is 0.203. The van der Waals surface area contributed by atoms with E-state index in [0.29, 0.717) is 0 Å². The molecule has 9 heavy (non-hydrogen) atoms. The van der Waals surface area contributed by atoms with Crippen LogP contribution >= 0.6 is 8.03 Å². The molecule has 0 spiro atoms. The smallest absolute Gasteiger partial charge is 0.197 e. The summed E-state index contributed by atoms with van der Waals surface area (Å²) in [5, 5.41) is 0. The molecule has 0 aromatic heterocycles. The molecule has 2 nitrogen and oxygen atoms in total. The van der Waals surface area contributed by atoms with E-state index in [2.05, 4.69) is 22.5 Å². The van der Waals surface area contributed by atoms with Crippen LogP contribution in [0.3, 0.4) is 0 Å². The van der Waals surface area contributed by atoms with Crippen LogP contribution in [0.15, 0.2) is 0 Å². The zero-order valence-corrected chi connectivity index (χ0v) is 5.94. The molecule has 0 aliphatic rings. The lowest BCUT2D eigenvalue weighted by molar-refractivity contribution is 0.488. The fourth-order valence-corrected chi connectivity index (χ4v) is 0.610. The van der Waals surface area contributed by atoms with Crippen LogP contribution < -0.4 is 0 Å². The van der Waals surface area contributed by atoms with Gasteiger partial charge in [-0.05, 0) is 4.57 Å². The molecule has 0 rings (SSSR count). The second kappa shape index (κ2) is 5.16. The molecule has 0 N–H and O–H groups in total. The van der Waals surface area contributed by atoms with Crippen molar-refractivity contribution in [1.29, 1.82) is 0 Å². The molecule has 1 atom stereocenters. The van der Waals surface area contributed by atoms with Crippen LogP contribution in [0.2, 0.25) is 0 Å². The van der Waals surface area contributed by atoms with Gasteiger partial charge in [-0.15, -0.1) is 6.42 Å². The molecular formula is C6H6O2P+. The Morgan fingerprint density at radius 3 is 2.89 bits per heavy atom. The molecule has 0 bridgehead atoms. The Hall–Kier alpha value is -0.980. The van der Waals surface area contributed by atoms with Gasteiger partial charge in [-0.1, -0.05) is 11.8 Å². The van der Waals surface area contributed by atoms with Crippen LogP contribution in [0.5, 0.6) is 0 Å². The molecule has 0 amide bonds. The molecule has 0 fully saturated rings. The third-order valence-corrected chi connectivity index (χ3v) is 1.21. The minimum absolute atomic E-state index is 0.129. The van der Waals surface area contributed by atoms with Gasteiger partial charge in [-0.25, -0.2) is 0 Å². The van der Waals surface area contributed by atoms with Crippen molar-refractivity contribution in [3.05, 3.63) is 0 Å². The molecule has 3 heteroatoms. The Balaban J connectivity index is 3.50. The van der Waals surface area contributed by atoms with Gasteiger partial charge in [0.05, 0.1) is 0 Å². The van der Waals surface area contributed by atoms with Crippen LogP contribution in [0.1, 0.15) is 6.92 Å². The Bertz CT molecular complexity index is 191. The first-order chi connectivity index (χ1) is 4.31. The van der Waals surface area contributed by atoms with Crippen LogP contribution in [-0.2, 0) is 9.09 Å². The van der Waals surface area contributed by atoms with E-state index in [-0.39, 0.29) is 6.16 Å². The molecule has 46 valence electrons. The van der Waals surface area contributed by atoms with Gasteiger partial charge in [0, 0.05) is 6.92 Å². The fraction of sp³-hybridized carbons (Fsp3) is 0.333. The SMILES string of the molecule is C#CC[P+](=O)OC#CC. The van der Waals surface area contributed by atoms with Gasteiger partial charge in [0.1, 0.15) is 0 Å². The lowest BCUT2D eigenvalue weighted by Gasteiger charge is -1.69. The van der Waals surface area contributed by atoms with Crippen LogP contribution in [-0.4, -0.2) is 6.16 Å². The summed E-state index contributed by atoms with van der Waals surface area (Å²) in [6.07, 6.45) is 7.17. The predicted octanol–water partition coefficient (Wildman–Crippen LogP) is 1.36. The molecular weight excluding hydrogens is 135 g/mol. The summed E-state index contributed by atoms with van der Waals surface area (Å²) in [5.41, 5.74) is 0. The van der Waals surface area contributed by atoms with Gasteiger partial charge in [-0.2, -0.15) is 4.52 Å². The van der Waals surface area contributed by atoms with Crippen molar-refractivity contribution in [2.45, 2.75) is 6.92 Å². The van der Waals surface area contributed by atoms with Crippen molar-refractivity contribution in [2.75, 3.05) is 6.16 Å². The summed E-state index contributed by atoms with van der Waals surface area (Å²) >= 11 is 0. The highest BCUT2D eigenvalue weighted by molar-refractivity contribution is 7.39. The van der Waals surface area contributed by atoms with Crippen molar-refractivity contribution < 1.29 is 9.09 Å². The first-order valence-corrected chi connectivity index (χ1v) is 3.64. The minimum Gasteiger partial charge on any atom is -0.197 e. The summed E-state index contributed by atoms with van der Waals surface area (Å²) in [4.78, 5) is 0. The largest absolute Gasteiger partial charge is 0.578 e. The molecule has 0 aromatic carbocycles. The lowest BCUT2D eigenvalue weighted by Crippen LogP contribution is -1.71. The number of terminal acetylenes is 1. The summed E-state index contributed by atoms with van der Waals surface area (Å²) in [7, 11) is -1.75. The van der Waals surface area contributed by atoms with Gasteiger partial charge < -0.3 is 0 Å². The zero-order valence-electron chi connectivity index (χ0n) is 5.05. The molecule has 0 aliphatic carbocycles. The highest BCUT2D eigenvalue weighted by atomic mass is 31.1. The van der Waals surface area contributed by atoms with E-state index in [1.54, 1.807) is 6.92 Å².